The minimum absolute atomic E-state index is 0.249. The molecule has 1 aliphatic heterocycles. The van der Waals surface area contributed by atoms with Gasteiger partial charge in [-0.15, -0.1) is 0 Å². The number of benzene rings is 2. The summed E-state index contributed by atoms with van der Waals surface area (Å²) in [6.07, 6.45) is 3.14. The maximum absolute atomic E-state index is 12.4. The third kappa shape index (κ3) is 3.48. The fourth-order valence-electron chi connectivity index (χ4n) is 3.43. The maximum atomic E-state index is 12.4. The number of hydrogen-bond donors (Lipinski definition) is 2. The van der Waals surface area contributed by atoms with E-state index >= 15 is 0 Å². The Morgan fingerprint density at radius 2 is 1.89 bits per heavy atom. The molecule has 1 fully saturated rings. The predicted octanol–water partition coefficient (Wildman–Crippen LogP) is 3.35. The van der Waals surface area contributed by atoms with Gasteiger partial charge >= 0.3 is 12.0 Å². The molecule has 1 saturated heterocycles. The zero-order valence-electron chi connectivity index (χ0n) is 14.7. The third-order valence-corrected chi connectivity index (χ3v) is 4.90. The van der Waals surface area contributed by atoms with Gasteiger partial charge in [0, 0.05) is 24.2 Å². The fraction of sp³-hybridized carbons (Fsp3) is 0.250. The Morgan fingerprint density at radius 3 is 2.67 bits per heavy atom. The maximum Gasteiger partial charge on any atom is 0.321 e. The molecule has 0 unspecified atom stereocenters. The minimum Gasteiger partial charge on any atom is -0.481 e. The van der Waals surface area contributed by atoms with E-state index in [1.807, 2.05) is 59.4 Å². The summed E-state index contributed by atoms with van der Waals surface area (Å²) in [4.78, 5) is 25.2. The van der Waals surface area contributed by atoms with Crippen molar-refractivity contribution in [2.75, 3.05) is 18.4 Å². The number of nitrogens with one attached hydrogen (secondary N) is 1. The molecule has 7 nitrogen and oxygen atoms in total. The Kier molecular flexibility index (Phi) is 4.50. The molecule has 27 heavy (non-hydrogen) atoms. The van der Waals surface area contributed by atoms with Gasteiger partial charge in [0.2, 0.25) is 0 Å². The molecule has 0 radical (unpaired) electrons. The summed E-state index contributed by atoms with van der Waals surface area (Å²) in [5.41, 5.74) is 2.58. The first-order valence-corrected chi connectivity index (χ1v) is 8.94. The van der Waals surface area contributed by atoms with Crippen LogP contribution >= 0.6 is 0 Å². The van der Waals surface area contributed by atoms with Crippen LogP contribution in [-0.2, 0) is 4.79 Å². The number of rotatable bonds is 3. The van der Waals surface area contributed by atoms with Crippen molar-refractivity contribution in [3.63, 3.8) is 0 Å². The number of carbonyl (C=O) groups excluding carboxylic acids is 1. The molecule has 0 bridgehead atoms. The molecule has 2 N–H and O–H groups in total. The van der Waals surface area contributed by atoms with Crippen molar-refractivity contribution in [2.45, 2.75) is 12.8 Å². The molecule has 2 aromatic carbocycles. The summed E-state index contributed by atoms with van der Waals surface area (Å²) in [6.45, 7) is 0.825. The van der Waals surface area contributed by atoms with Crippen LogP contribution in [0.2, 0.25) is 0 Å². The van der Waals surface area contributed by atoms with E-state index in [4.69, 9.17) is 5.11 Å². The summed E-state index contributed by atoms with van der Waals surface area (Å²) in [6, 6.07) is 15.1. The predicted molar refractivity (Wildman–Crippen MR) is 102 cm³/mol. The number of piperidine rings is 1. The summed E-state index contributed by atoms with van der Waals surface area (Å²) in [5.74, 6) is -1.33. The summed E-state index contributed by atoms with van der Waals surface area (Å²) < 4.78 is 1.85. The van der Waals surface area contributed by atoms with Gasteiger partial charge in [0.05, 0.1) is 23.3 Å². The van der Waals surface area contributed by atoms with Gasteiger partial charge in [-0.3, -0.25) is 4.79 Å². The van der Waals surface area contributed by atoms with Gasteiger partial charge in [-0.25, -0.2) is 9.48 Å². The molecule has 1 aliphatic rings. The van der Waals surface area contributed by atoms with Crippen molar-refractivity contribution in [3.8, 4) is 5.69 Å². The van der Waals surface area contributed by atoms with E-state index in [1.165, 1.54) is 0 Å². The first-order chi connectivity index (χ1) is 13.1. The van der Waals surface area contributed by atoms with Crippen LogP contribution in [0.15, 0.2) is 54.7 Å². The number of hydrogen-bond acceptors (Lipinski definition) is 3. The highest BCUT2D eigenvalue weighted by Gasteiger charge is 2.28. The number of carbonyl (C=O) groups is 2. The van der Waals surface area contributed by atoms with Gasteiger partial charge in [-0.05, 0) is 43.2 Å². The van der Waals surface area contributed by atoms with Crippen LogP contribution in [0.3, 0.4) is 0 Å². The highest BCUT2D eigenvalue weighted by Crippen LogP contribution is 2.21. The minimum atomic E-state index is -0.844. The second-order valence-corrected chi connectivity index (χ2v) is 6.72. The van der Waals surface area contributed by atoms with Crippen LogP contribution in [0.5, 0.6) is 0 Å². The Labute approximate surface area is 156 Å². The van der Waals surface area contributed by atoms with E-state index in [2.05, 4.69) is 10.4 Å². The summed E-state index contributed by atoms with van der Waals surface area (Å²) in [7, 11) is 0. The van der Waals surface area contributed by atoms with E-state index in [0.29, 0.717) is 25.1 Å². The number of likely N-dealkylation sites (tertiary alicyclic amines) is 1. The Hall–Kier alpha value is -3.35. The topological polar surface area (TPSA) is 87.5 Å². The fourth-order valence-corrected chi connectivity index (χ4v) is 3.43. The van der Waals surface area contributed by atoms with Gasteiger partial charge in [0.25, 0.3) is 0 Å². The first-order valence-electron chi connectivity index (χ1n) is 8.94. The Balaban J connectivity index is 1.46. The zero-order valence-corrected chi connectivity index (χ0v) is 14.7. The molecular formula is C20H20N4O3. The standard InChI is InChI=1S/C20H20N4O3/c25-19(26)15-5-3-11-23(13-15)20(27)22-16-7-9-17(10-8-16)24-18-6-2-1-4-14(18)12-21-24/h1-2,4,6-10,12,15H,3,5,11,13H2,(H,22,27)(H,25,26)/t15-/m0/s1. The van der Waals surface area contributed by atoms with Crippen molar-refractivity contribution < 1.29 is 14.7 Å². The second kappa shape index (κ2) is 7.11. The molecule has 2 heterocycles. The summed E-state index contributed by atoms with van der Waals surface area (Å²) in [5, 5.41) is 17.5. The average Bonchev–Trinajstić information content (AvgIpc) is 3.13. The van der Waals surface area contributed by atoms with Crippen molar-refractivity contribution in [1.82, 2.24) is 14.7 Å². The van der Waals surface area contributed by atoms with E-state index in [1.54, 1.807) is 4.90 Å². The Bertz CT molecular complexity index is 980. The number of carboxylic acid groups (broad SMARTS) is 1. The largest absolute Gasteiger partial charge is 0.481 e. The number of nitrogens with zero attached hydrogens (tertiary/aromatic N) is 3. The molecule has 1 aromatic heterocycles. The van der Waals surface area contributed by atoms with Gasteiger partial charge in [0.1, 0.15) is 0 Å². The van der Waals surface area contributed by atoms with Crippen LogP contribution in [0, 0.1) is 5.92 Å². The number of anilines is 1. The molecule has 2 amide bonds. The van der Waals surface area contributed by atoms with E-state index in [0.717, 1.165) is 16.6 Å². The number of urea groups is 1. The molecule has 138 valence electrons. The van der Waals surface area contributed by atoms with E-state index in [-0.39, 0.29) is 12.6 Å². The van der Waals surface area contributed by atoms with Crippen molar-refractivity contribution in [2.24, 2.45) is 5.92 Å². The number of para-hydroxylation sites is 1. The van der Waals surface area contributed by atoms with Gasteiger partial charge in [-0.1, -0.05) is 18.2 Å². The SMILES string of the molecule is O=C(O)[C@H]1CCCN(C(=O)Nc2ccc(-n3ncc4ccccc43)cc2)C1. The molecule has 0 aliphatic carbocycles. The third-order valence-electron chi connectivity index (χ3n) is 4.90. The van der Waals surface area contributed by atoms with Gasteiger partial charge < -0.3 is 15.3 Å². The molecule has 0 spiro atoms. The lowest BCUT2D eigenvalue weighted by Gasteiger charge is -2.30. The van der Waals surface area contributed by atoms with Gasteiger partial charge in [0.15, 0.2) is 0 Å². The van der Waals surface area contributed by atoms with Crippen molar-refractivity contribution in [1.29, 1.82) is 0 Å². The zero-order chi connectivity index (χ0) is 18.8. The normalized spacial score (nSPS) is 17.0. The molecular weight excluding hydrogens is 344 g/mol. The summed E-state index contributed by atoms with van der Waals surface area (Å²) >= 11 is 0. The number of carboxylic acids is 1. The van der Waals surface area contributed by atoms with Crippen molar-refractivity contribution >= 4 is 28.6 Å². The highest BCUT2D eigenvalue weighted by atomic mass is 16.4. The molecule has 0 saturated carbocycles. The lowest BCUT2D eigenvalue weighted by molar-refractivity contribution is -0.143. The van der Waals surface area contributed by atoms with Crippen molar-refractivity contribution in [3.05, 3.63) is 54.7 Å². The van der Waals surface area contributed by atoms with E-state index in [9.17, 15) is 9.59 Å². The quantitative estimate of drug-likeness (QED) is 0.746. The molecule has 4 rings (SSSR count). The monoisotopic (exact) mass is 364 g/mol. The molecule has 3 aromatic rings. The Morgan fingerprint density at radius 1 is 1.11 bits per heavy atom. The number of aromatic nitrogens is 2. The molecule has 1 atom stereocenters. The van der Waals surface area contributed by atoms with Crippen LogP contribution in [-0.4, -0.2) is 44.9 Å². The van der Waals surface area contributed by atoms with Crippen LogP contribution in [0.25, 0.3) is 16.6 Å². The number of aliphatic carboxylic acids is 1. The average molecular weight is 364 g/mol. The van der Waals surface area contributed by atoms with Gasteiger partial charge in [-0.2, -0.15) is 5.10 Å². The number of amides is 2. The second-order valence-electron chi connectivity index (χ2n) is 6.72. The lowest BCUT2D eigenvalue weighted by atomic mass is 9.99. The first kappa shape index (κ1) is 17.1. The molecule has 7 heteroatoms. The highest BCUT2D eigenvalue weighted by molar-refractivity contribution is 5.90. The van der Waals surface area contributed by atoms with Crippen LogP contribution < -0.4 is 5.32 Å². The smallest absolute Gasteiger partial charge is 0.321 e. The number of fused-ring (bicyclic) bond motifs is 1. The van der Waals surface area contributed by atoms with E-state index < -0.39 is 11.9 Å². The van der Waals surface area contributed by atoms with Crippen LogP contribution in [0.1, 0.15) is 12.8 Å². The van der Waals surface area contributed by atoms with Crippen LogP contribution in [0.4, 0.5) is 10.5 Å². The lowest BCUT2D eigenvalue weighted by Crippen LogP contribution is -2.44.